The lowest BCUT2D eigenvalue weighted by Gasteiger charge is -2.32. The fraction of sp³-hybridized carbons (Fsp3) is 0.304. The maximum Gasteiger partial charge on any atom is 0.317 e. The number of urea groups is 1. The average molecular weight is 464 g/mol. The summed E-state index contributed by atoms with van der Waals surface area (Å²) in [6.45, 7) is 3.95. The zero-order valence-electron chi connectivity index (χ0n) is 18.2. The number of phenolic OH excluding ortho intramolecular Hbond substituents is 1. The number of fused-ring (bicyclic) bond motifs is 1. The smallest absolute Gasteiger partial charge is 0.317 e. The molecule has 0 spiro atoms. The molecule has 1 aromatic carbocycles. The van der Waals surface area contributed by atoms with E-state index in [0.717, 1.165) is 40.4 Å². The third kappa shape index (κ3) is 4.34. The minimum atomic E-state index is -0.00538. The average Bonchev–Trinajstić information content (AvgIpc) is 3.41. The van der Waals surface area contributed by atoms with Gasteiger partial charge in [0.1, 0.15) is 11.4 Å². The fourth-order valence-corrected chi connectivity index (χ4v) is 4.83. The van der Waals surface area contributed by atoms with E-state index in [4.69, 9.17) is 9.97 Å². The first kappa shape index (κ1) is 21.2. The van der Waals surface area contributed by atoms with Gasteiger partial charge in [-0.3, -0.25) is 4.40 Å². The van der Waals surface area contributed by atoms with Gasteiger partial charge in [0.15, 0.2) is 4.96 Å². The zero-order chi connectivity index (χ0) is 22.8. The Bertz CT molecular complexity index is 1280. The van der Waals surface area contributed by atoms with Crippen LogP contribution in [-0.2, 0) is 0 Å². The molecule has 0 radical (unpaired) electrons. The Morgan fingerprint density at radius 1 is 1.24 bits per heavy atom. The Morgan fingerprint density at radius 3 is 2.88 bits per heavy atom. The number of benzene rings is 1. The Hall–Kier alpha value is -3.66. The number of thiazole rings is 1. The first-order valence-corrected chi connectivity index (χ1v) is 11.9. The number of likely N-dealkylation sites (tertiary alicyclic amines) is 1. The van der Waals surface area contributed by atoms with Crippen molar-refractivity contribution in [2.45, 2.75) is 25.8 Å². The number of amides is 2. The topological polar surface area (TPSA) is 108 Å². The van der Waals surface area contributed by atoms with Crippen LogP contribution >= 0.6 is 11.3 Å². The second kappa shape index (κ2) is 9.07. The van der Waals surface area contributed by atoms with E-state index < -0.39 is 0 Å². The Kier molecular flexibility index (Phi) is 5.82. The number of piperidine rings is 1. The summed E-state index contributed by atoms with van der Waals surface area (Å²) in [4.78, 5) is 28.8. The zero-order valence-corrected chi connectivity index (χ0v) is 19.0. The van der Waals surface area contributed by atoms with Crippen LogP contribution in [0.4, 0.5) is 10.7 Å². The van der Waals surface area contributed by atoms with Crippen LogP contribution in [0.5, 0.6) is 5.75 Å². The molecule has 170 valence electrons. The van der Waals surface area contributed by atoms with Crippen molar-refractivity contribution >= 4 is 28.3 Å². The molecule has 0 unspecified atom stereocenters. The van der Waals surface area contributed by atoms with Crippen molar-refractivity contribution in [1.29, 1.82) is 0 Å². The van der Waals surface area contributed by atoms with E-state index in [1.54, 1.807) is 29.7 Å². The highest BCUT2D eigenvalue weighted by atomic mass is 32.1. The van der Waals surface area contributed by atoms with Crippen LogP contribution in [0.25, 0.3) is 27.6 Å². The monoisotopic (exact) mass is 463 g/mol. The first-order valence-electron chi connectivity index (χ1n) is 11.0. The SMILES string of the molecule is CCNC(=O)N1CCC(Nc2nccc(-c3c(-c4cccc(O)c4)nc4sccn34)n2)CC1. The van der Waals surface area contributed by atoms with Crippen molar-refractivity contribution in [3.05, 3.63) is 48.1 Å². The molecule has 3 N–H and O–H groups in total. The van der Waals surface area contributed by atoms with Gasteiger partial charge in [-0.15, -0.1) is 11.3 Å². The van der Waals surface area contributed by atoms with Gasteiger partial charge in [-0.2, -0.15) is 0 Å². The summed E-state index contributed by atoms with van der Waals surface area (Å²) in [7, 11) is 0. The highest BCUT2D eigenvalue weighted by Gasteiger charge is 2.24. The van der Waals surface area contributed by atoms with Crippen molar-refractivity contribution in [3.8, 4) is 28.4 Å². The Labute approximate surface area is 195 Å². The number of hydrogen-bond acceptors (Lipinski definition) is 7. The Balaban J connectivity index is 1.40. The van der Waals surface area contributed by atoms with Gasteiger partial charge >= 0.3 is 6.03 Å². The molecule has 1 fully saturated rings. The molecule has 2 amide bonds. The molecule has 1 aliphatic heterocycles. The maximum atomic E-state index is 12.0. The summed E-state index contributed by atoms with van der Waals surface area (Å²) in [5, 5.41) is 18.3. The van der Waals surface area contributed by atoms with Crippen LogP contribution in [0.15, 0.2) is 48.1 Å². The number of imidazole rings is 1. The predicted molar refractivity (Wildman–Crippen MR) is 128 cm³/mol. The largest absolute Gasteiger partial charge is 0.508 e. The molecule has 0 bridgehead atoms. The van der Waals surface area contributed by atoms with E-state index in [-0.39, 0.29) is 17.8 Å². The number of nitrogens with one attached hydrogen (secondary N) is 2. The van der Waals surface area contributed by atoms with Gasteiger partial charge < -0.3 is 20.6 Å². The number of carbonyl (C=O) groups excluding carboxylic acids is 1. The van der Waals surface area contributed by atoms with Crippen molar-refractivity contribution in [3.63, 3.8) is 0 Å². The Morgan fingerprint density at radius 2 is 2.09 bits per heavy atom. The second-order valence-electron chi connectivity index (χ2n) is 7.92. The molecule has 1 aliphatic rings. The normalized spacial score (nSPS) is 14.5. The molecule has 4 heterocycles. The molecule has 0 atom stereocenters. The van der Waals surface area contributed by atoms with Gasteiger partial charge in [0.25, 0.3) is 0 Å². The number of carbonyl (C=O) groups is 1. The van der Waals surface area contributed by atoms with Gasteiger partial charge in [0, 0.05) is 49.0 Å². The fourth-order valence-electron chi connectivity index (χ4n) is 4.12. The molecular formula is C23H25N7O2S. The van der Waals surface area contributed by atoms with Gasteiger partial charge in [0.2, 0.25) is 5.95 Å². The summed E-state index contributed by atoms with van der Waals surface area (Å²) in [5.41, 5.74) is 3.19. The molecule has 3 aromatic heterocycles. The number of anilines is 1. The molecule has 4 aromatic rings. The van der Waals surface area contributed by atoms with Gasteiger partial charge in [-0.25, -0.2) is 19.7 Å². The van der Waals surface area contributed by atoms with Crippen LogP contribution in [0.1, 0.15) is 19.8 Å². The number of aromatic nitrogens is 4. The molecular weight excluding hydrogens is 438 g/mol. The van der Waals surface area contributed by atoms with E-state index in [1.807, 2.05) is 46.0 Å². The summed E-state index contributed by atoms with van der Waals surface area (Å²) in [5.74, 6) is 0.745. The van der Waals surface area contributed by atoms with E-state index in [2.05, 4.69) is 15.6 Å². The van der Waals surface area contributed by atoms with E-state index in [1.165, 1.54) is 0 Å². The van der Waals surface area contributed by atoms with Crippen molar-refractivity contribution in [2.24, 2.45) is 0 Å². The lowest BCUT2D eigenvalue weighted by atomic mass is 10.1. The first-order chi connectivity index (χ1) is 16.1. The van der Waals surface area contributed by atoms with E-state index >= 15 is 0 Å². The van der Waals surface area contributed by atoms with Crippen LogP contribution in [0.3, 0.4) is 0 Å². The van der Waals surface area contributed by atoms with E-state index in [9.17, 15) is 9.90 Å². The van der Waals surface area contributed by atoms with Crippen LogP contribution in [0.2, 0.25) is 0 Å². The van der Waals surface area contributed by atoms with Gasteiger partial charge in [-0.05, 0) is 38.0 Å². The number of aromatic hydroxyl groups is 1. The number of rotatable bonds is 5. The quantitative estimate of drug-likeness (QED) is 0.415. The molecule has 5 rings (SSSR count). The van der Waals surface area contributed by atoms with Crippen LogP contribution in [-0.4, -0.2) is 61.1 Å². The number of nitrogens with zero attached hydrogens (tertiary/aromatic N) is 5. The minimum Gasteiger partial charge on any atom is -0.508 e. The second-order valence-corrected chi connectivity index (χ2v) is 8.79. The van der Waals surface area contributed by atoms with Crippen LogP contribution < -0.4 is 10.6 Å². The highest BCUT2D eigenvalue weighted by molar-refractivity contribution is 7.15. The summed E-state index contributed by atoms with van der Waals surface area (Å²) in [6, 6.07) is 9.15. The summed E-state index contributed by atoms with van der Waals surface area (Å²) >= 11 is 1.55. The standard InChI is InChI=1S/C23H25N7O2S/c1-2-24-22(32)29-10-7-16(8-11-29)26-21-25-9-6-18(27-21)20-19(15-4-3-5-17(31)14-15)28-23-30(20)12-13-33-23/h3-6,9,12-14,16,31H,2,7-8,10-11H2,1H3,(H,24,32)(H,25,26,27). The third-order valence-electron chi connectivity index (χ3n) is 5.72. The lowest BCUT2D eigenvalue weighted by Crippen LogP contribution is -2.46. The number of phenols is 1. The summed E-state index contributed by atoms with van der Waals surface area (Å²) in [6.07, 6.45) is 5.38. The molecule has 33 heavy (non-hydrogen) atoms. The maximum absolute atomic E-state index is 12.0. The third-order valence-corrected chi connectivity index (χ3v) is 6.48. The van der Waals surface area contributed by atoms with Crippen molar-refractivity contribution in [1.82, 2.24) is 29.6 Å². The molecule has 0 saturated carbocycles. The number of hydrogen-bond donors (Lipinski definition) is 3. The lowest BCUT2D eigenvalue weighted by molar-refractivity contribution is 0.184. The van der Waals surface area contributed by atoms with Gasteiger partial charge in [0.05, 0.1) is 11.4 Å². The molecule has 0 aliphatic carbocycles. The molecule has 9 nitrogen and oxygen atoms in total. The summed E-state index contributed by atoms with van der Waals surface area (Å²) < 4.78 is 2.01. The van der Waals surface area contributed by atoms with Gasteiger partial charge in [-0.1, -0.05) is 12.1 Å². The van der Waals surface area contributed by atoms with Crippen LogP contribution in [0, 0.1) is 0 Å². The molecule has 10 heteroatoms. The van der Waals surface area contributed by atoms with Crippen molar-refractivity contribution in [2.75, 3.05) is 25.0 Å². The predicted octanol–water partition coefficient (Wildman–Crippen LogP) is 3.83. The molecule has 1 saturated heterocycles. The highest BCUT2D eigenvalue weighted by Crippen LogP contribution is 2.34. The van der Waals surface area contributed by atoms with Crippen molar-refractivity contribution < 1.29 is 9.90 Å². The minimum absolute atomic E-state index is 0.00538. The van der Waals surface area contributed by atoms with E-state index in [0.29, 0.717) is 25.6 Å².